The zero-order chi connectivity index (χ0) is 17.0. The summed E-state index contributed by atoms with van der Waals surface area (Å²) in [6.45, 7) is 3.59. The number of nitrogens with one attached hydrogen (secondary N) is 1. The molecule has 5 nitrogen and oxygen atoms in total. The summed E-state index contributed by atoms with van der Waals surface area (Å²) in [5.74, 6) is 0. The Kier molecular flexibility index (Phi) is 8.01. The summed E-state index contributed by atoms with van der Waals surface area (Å²) < 4.78 is 10.3. The molecule has 0 fully saturated rings. The highest BCUT2D eigenvalue weighted by Gasteiger charge is 2.17. The highest BCUT2D eigenvalue weighted by molar-refractivity contribution is 5.71. The number of hydrogen-bond donors (Lipinski definition) is 1. The molecule has 0 saturated heterocycles. The predicted octanol–water partition coefficient (Wildman–Crippen LogP) is 4.73. The normalized spacial score (nSPS) is 13.9. The van der Waals surface area contributed by atoms with E-state index in [1.54, 1.807) is 12.1 Å². The van der Waals surface area contributed by atoms with Gasteiger partial charge in [0.25, 0.3) is 0 Å². The SMILES string of the molecule is CCCCCC=CCCCNc1cccc(N2COC(OC)=N2)c1. The second kappa shape index (κ2) is 10.6. The van der Waals surface area contributed by atoms with E-state index < -0.39 is 0 Å². The van der Waals surface area contributed by atoms with E-state index >= 15 is 0 Å². The van der Waals surface area contributed by atoms with Crippen molar-refractivity contribution in [2.24, 2.45) is 5.10 Å². The van der Waals surface area contributed by atoms with Crippen molar-refractivity contribution in [3.8, 4) is 0 Å². The monoisotopic (exact) mass is 331 g/mol. The second-order valence-corrected chi connectivity index (χ2v) is 5.83. The van der Waals surface area contributed by atoms with Crippen LogP contribution in [0.1, 0.15) is 45.4 Å². The Balaban J connectivity index is 1.68. The van der Waals surface area contributed by atoms with Crippen molar-refractivity contribution in [1.82, 2.24) is 0 Å². The van der Waals surface area contributed by atoms with Crippen molar-refractivity contribution in [2.75, 3.05) is 30.7 Å². The number of nitrogens with zero attached hydrogens (tertiary/aromatic N) is 2. The number of hydrogen-bond acceptors (Lipinski definition) is 5. The Labute approximate surface area is 145 Å². The van der Waals surface area contributed by atoms with Crippen molar-refractivity contribution in [2.45, 2.75) is 45.4 Å². The molecule has 132 valence electrons. The lowest BCUT2D eigenvalue weighted by Crippen LogP contribution is -2.13. The van der Waals surface area contributed by atoms with E-state index in [1.165, 1.54) is 25.7 Å². The molecule has 2 rings (SSSR count). The molecule has 24 heavy (non-hydrogen) atoms. The Morgan fingerprint density at radius 2 is 2.08 bits per heavy atom. The van der Waals surface area contributed by atoms with E-state index in [2.05, 4.69) is 41.6 Å². The van der Waals surface area contributed by atoms with Crippen molar-refractivity contribution < 1.29 is 9.47 Å². The van der Waals surface area contributed by atoms with Crippen LogP contribution in [0, 0.1) is 0 Å². The summed E-state index contributed by atoms with van der Waals surface area (Å²) in [6, 6.07) is 8.18. The van der Waals surface area contributed by atoms with Gasteiger partial charge in [0.15, 0.2) is 6.73 Å². The molecule has 0 aromatic heterocycles. The van der Waals surface area contributed by atoms with Crippen LogP contribution in [0.2, 0.25) is 0 Å². The molecule has 1 N–H and O–H groups in total. The Hall–Kier alpha value is -2.17. The van der Waals surface area contributed by atoms with E-state index in [1.807, 2.05) is 12.1 Å². The maximum absolute atomic E-state index is 5.30. The number of anilines is 2. The fraction of sp³-hybridized carbons (Fsp3) is 0.526. The van der Waals surface area contributed by atoms with Gasteiger partial charge in [0.2, 0.25) is 0 Å². The average molecular weight is 331 g/mol. The fourth-order valence-electron chi connectivity index (χ4n) is 2.48. The molecule has 1 aromatic carbocycles. The maximum atomic E-state index is 5.30. The zero-order valence-electron chi connectivity index (χ0n) is 14.8. The summed E-state index contributed by atoms with van der Waals surface area (Å²) in [7, 11) is 1.55. The van der Waals surface area contributed by atoms with E-state index in [-0.39, 0.29) is 0 Å². The maximum Gasteiger partial charge on any atom is 0.407 e. The van der Waals surface area contributed by atoms with Crippen molar-refractivity contribution >= 4 is 17.5 Å². The van der Waals surface area contributed by atoms with E-state index in [9.17, 15) is 0 Å². The van der Waals surface area contributed by atoms with Crippen LogP contribution in [0.5, 0.6) is 0 Å². The molecule has 5 heteroatoms. The van der Waals surface area contributed by atoms with Gasteiger partial charge >= 0.3 is 6.08 Å². The first-order valence-corrected chi connectivity index (χ1v) is 8.85. The van der Waals surface area contributed by atoms with Crippen LogP contribution in [0.4, 0.5) is 11.4 Å². The quantitative estimate of drug-likeness (QED) is 0.497. The van der Waals surface area contributed by atoms with Crippen molar-refractivity contribution in [1.29, 1.82) is 0 Å². The van der Waals surface area contributed by atoms with E-state index in [0.717, 1.165) is 30.8 Å². The molecule has 0 bridgehead atoms. The topological polar surface area (TPSA) is 46.1 Å². The van der Waals surface area contributed by atoms with Gasteiger partial charge in [0, 0.05) is 12.2 Å². The number of unbranched alkanes of at least 4 members (excludes halogenated alkanes) is 4. The van der Waals surface area contributed by atoms with E-state index in [0.29, 0.717) is 12.8 Å². The zero-order valence-corrected chi connectivity index (χ0v) is 14.8. The van der Waals surface area contributed by atoms with Gasteiger partial charge < -0.3 is 14.8 Å². The molecule has 0 amide bonds. The molecule has 1 aliphatic heterocycles. The summed E-state index contributed by atoms with van der Waals surface area (Å²) in [5, 5.41) is 9.48. The lowest BCUT2D eigenvalue weighted by molar-refractivity contribution is 0.225. The smallest absolute Gasteiger partial charge is 0.407 e. The lowest BCUT2D eigenvalue weighted by Gasteiger charge is -2.13. The first-order chi connectivity index (χ1) is 11.8. The lowest BCUT2D eigenvalue weighted by atomic mass is 10.2. The second-order valence-electron chi connectivity index (χ2n) is 5.83. The van der Waals surface area contributed by atoms with Gasteiger partial charge in [0.1, 0.15) is 0 Å². The molecule has 1 heterocycles. The van der Waals surface area contributed by atoms with Crippen LogP contribution in [0.15, 0.2) is 41.5 Å². The molecule has 1 aliphatic rings. The molecule has 0 atom stereocenters. The van der Waals surface area contributed by atoms with Crippen LogP contribution in [-0.4, -0.2) is 26.5 Å². The number of rotatable bonds is 10. The predicted molar refractivity (Wildman–Crippen MR) is 100 cm³/mol. The first-order valence-electron chi connectivity index (χ1n) is 8.85. The van der Waals surface area contributed by atoms with Gasteiger partial charge in [-0.2, -0.15) is 0 Å². The molecular formula is C19H29N3O2. The minimum atomic E-state index is 0.305. The summed E-state index contributed by atoms with van der Waals surface area (Å²) in [4.78, 5) is 0. The third-order valence-electron chi connectivity index (χ3n) is 3.85. The summed E-state index contributed by atoms with van der Waals surface area (Å²) >= 11 is 0. The molecule has 0 radical (unpaired) electrons. The highest BCUT2D eigenvalue weighted by atomic mass is 16.7. The van der Waals surface area contributed by atoms with Crippen LogP contribution in [0.3, 0.4) is 0 Å². The minimum absolute atomic E-state index is 0.305. The molecular weight excluding hydrogens is 302 g/mol. The molecule has 0 saturated carbocycles. The number of benzene rings is 1. The number of allylic oxidation sites excluding steroid dienone is 2. The number of ether oxygens (including phenoxy) is 2. The Bertz CT molecular complexity index is 543. The molecule has 0 aliphatic carbocycles. The third kappa shape index (κ3) is 6.14. The average Bonchev–Trinajstić information content (AvgIpc) is 3.10. The van der Waals surface area contributed by atoms with Crippen molar-refractivity contribution in [3.05, 3.63) is 36.4 Å². The molecule has 1 aromatic rings. The van der Waals surface area contributed by atoms with Crippen LogP contribution < -0.4 is 10.3 Å². The van der Waals surface area contributed by atoms with Crippen LogP contribution in [-0.2, 0) is 9.47 Å². The largest absolute Gasteiger partial charge is 0.453 e. The first kappa shape index (κ1) is 18.2. The summed E-state index contributed by atoms with van der Waals surface area (Å²) in [6.07, 6.45) is 12.3. The van der Waals surface area contributed by atoms with Crippen LogP contribution in [0.25, 0.3) is 0 Å². The Morgan fingerprint density at radius 1 is 1.25 bits per heavy atom. The van der Waals surface area contributed by atoms with Gasteiger partial charge in [-0.25, -0.2) is 5.01 Å². The van der Waals surface area contributed by atoms with Gasteiger partial charge in [0.05, 0.1) is 12.8 Å². The molecule has 0 unspecified atom stereocenters. The van der Waals surface area contributed by atoms with Gasteiger partial charge in [-0.3, -0.25) is 0 Å². The molecule has 0 spiro atoms. The Morgan fingerprint density at radius 3 is 2.83 bits per heavy atom. The number of methoxy groups -OCH3 is 1. The van der Waals surface area contributed by atoms with Gasteiger partial charge in [-0.15, -0.1) is 0 Å². The van der Waals surface area contributed by atoms with Gasteiger partial charge in [-0.1, -0.05) is 43.1 Å². The highest BCUT2D eigenvalue weighted by Crippen LogP contribution is 2.22. The summed E-state index contributed by atoms with van der Waals surface area (Å²) in [5.41, 5.74) is 2.09. The minimum Gasteiger partial charge on any atom is -0.453 e. The van der Waals surface area contributed by atoms with Gasteiger partial charge in [-0.05, 0) is 43.9 Å². The number of hydrazone groups is 1. The standard InChI is InChI=1S/C19H29N3O2/c1-3-4-5-6-7-8-9-10-14-20-17-12-11-13-18(15-17)22-16-24-19(21-22)23-2/h7-8,11-13,15,20H,3-6,9-10,14,16H2,1-2H3. The third-order valence-corrected chi connectivity index (χ3v) is 3.85. The fourth-order valence-corrected chi connectivity index (χ4v) is 2.48. The van der Waals surface area contributed by atoms with E-state index in [4.69, 9.17) is 9.47 Å². The van der Waals surface area contributed by atoms with Crippen LogP contribution >= 0.6 is 0 Å². The van der Waals surface area contributed by atoms with Crippen molar-refractivity contribution in [3.63, 3.8) is 0 Å².